The number of benzene rings is 1. The van der Waals surface area contributed by atoms with Crippen LogP contribution in [0.3, 0.4) is 0 Å². The fraction of sp³-hybridized carbons (Fsp3) is 0.182. The lowest BCUT2D eigenvalue weighted by atomic mass is 10.1. The van der Waals surface area contributed by atoms with Crippen LogP contribution in [0.2, 0.25) is 5.15 Å². The van der Waals surface area contributed by atoms with Crippen molar-refractivity contribution in [2.75, 3.05) is 0 Å². The molecule has 0 bridgehead atoms. The van der Waals surface area contributed by atoms with Crippen LogP contribution >= 0.6 is 11.6 Å². The molecule has 1 aromatic carbocycles. The van der Waals surface area contributed by atoms with Crippen molar-refractivity contribution in [2.24, 2.45) is 12.8 Å². The number of hydrogen-bond acceptors (Lipinski definition) is 2. The lowest BCUT2D eigenvalue weighted by molar-refractivity contribution is 0.629. The molecule has 0 radical (unpaired) electrons. The molecule has 2 N–H and O–H groups in total. The van der Waals surface area contributed by atoms with Gasteiger partial charge in [-0.1, -0.05) is 23.7 Å². The van der Waals surface area contributed by atoms with Crippen molar-refractivity contribution in [3.63, 3.8) is 0 Å². The van der Waals surface area contributed by atoms with E-state index in [4.69, 9.17) is 17.3 Å². The van der Waals surface area contributed by atoms with Crippen molar-refractivity contribution >= 4 is 11.6 Å². The molecule has 16 heavy (non-hydrogen) atoms. The Hall–Kier alpha value is -1.39. The summed E-state index contributed by atoms with van der Waals surface area (Å²) < 4.78 is 15.3. The van der Waals surface area contributed by atoms with Gasteiger partial charge in [0.05, 0.1) is 12.2 Å². The predicted octanol–water partition coefficient (Wildman–Crippen LogP) is 2.34. The molecular weight excluding hydrogens is 229 g/mol. The van der Waals surface area contributed by atoms with E-state index < -0.39 is 0 Å². The average molecular weight is 240 g/mol. The smallest absolute Gasteiger partial charge is 0.155 e. The van der Waals surface area contributed by atoms with E-state index in [-0.39, 0.29) is 17.5 Å². The number of imidazole rings is 1. The number of aromatic nitrogens is 2. The zero-order valence-electron chi connectivity index (χ0n) is 8.74. The molecule has 84 valence electrons. The minimum atomic E-state index is -0.323. The molecule has 1 heterocycles. The summed E-state index contributed by atoms with van der Waals surface area (Å²) in [6.45, 7) is 0.269. The molecule has 0 aliphatic heterocycles. The van der Waals surface area contributed by atoms with E-state index in [1.165, 1.54) is 6.07 Å². The van der Waals surface area contributed by atoms with E-state index in [2.05, 4.69) is 4.98 Å². The van der Waals surface area contributed by atoms with Crippen molar-refractivity contribution in [1.82, 2.24) is 9.55 Å². The molecule has 5 heteroatoms. The van der Waals surface area contributed by atoms with Gasteiger partial charge in [0, 0.05) is 12.6 Å². The summed E-state index contributed by atoms with van der Waals surface area (Å²) in [5.41, 5.74) is 6.50. The number of nitrogens with zero attached hydrogens (tertiary/aromatic N) is 2. The van der Waals surface area contributed by atoms with Gasteiger partial charge in [0.2, 0.25) is 0 Å². The molecule has 2 aromatic rings. The molecule has 0 unspecified atom stereocenters. The van der Waals surface area contributed by atoms with Gasteiger partial charge in [0.25, 0.3) is 0 Å². The van der Waals surface area contributed by atoms with Crippen LogP contribution in [0.4, 0.5) is 4.39 Å². The molecule has 0 aliphatic rings. The molecule has 3 nitrogen and oxygen atoms in total. The Bertz CT molecular complexity index is 522. The normalized spacial score (nSPS) is 10.8. The Kier molecular flexibility index (Phi) is 2.94. The Morgan fingerprint density at radius 1 is 1.44 bits per heavy atom. The van der Waals surface area contributed by atoms with E-state index in [0.717, 1.165) is 0 Å². The van der Waals surface area contributed by atoms with Gasteiger partial charge in [0.1, 0.15) is 11.6 Å². The van der Waals surface area contributed by atoms with Gasteiger partial charge < -0.3 is 10.3 Å². The van der Waals surface area contributed by atoms with Crippen LogP contribution in [-0.4, -0.2) is 9.55 Å². The quantitative estimate of drug-likeness (QED) is 0.874. The van der Waals surface area contributed by atoms with Gasteiger partial charge in [-0.25, -0.2) is 9.37 Å². The average Bonchev–Trinajstić information content (AvgIpc) is 2.55. The van der Waals surface area contributed by atoms with Gasteiger partial charge in [-0.3, -0.25) is 0 Å². The summed E-state index contributed by atoms with van der Waals surface area (Å²) in [5, 5.41) is 0.271. The first-order valence-corrected chi connectivity index (χ1v) is 5.19. The van der Waals surface area contributed by atoms with Crippen LogP contribution < -0.4 is 5.73 Å². The highest BCUT2D eigenvalue weighted by Crippen LogP contribution is 2.29. The maximum Gasteiger partial charge on any atom is 0.155 e. The van der Waals surface area contributed by atoms with Gasteiger partial charge in [0.15, 0.2) is 5.15 Å². The third-order valence-corrected chi connectivity index (χ3v) is 2.72. The molecule has 0 aliphatic carbocycles. The summed E-state index contributed by atoms with van der Waals surface area (Å²) >= 11 is 5.98. The summed E-state index contributed by atoms with van der Waals surface area (Å²) in [7, 11) is 1.77. The van der Waals surface area contributed by atoms with Crippen molar-refractivity contribution in [2.45, 2.75) is 6.54 Å². The largest absolute Gasteiger partial charge is 0.329 e. The van der Waals surface area contributed by atoms with Gasteiger partial charge >= 0.3 is 0 Å². The van der Waals surface area contributed by atoms with E-state index in [1.807, 2.05) is 0 Å². The van der Waals surface area contributed by atoms with Crippen LogP contribution in [0, 0.1) is 5.82 Å². The first kappa shape index (κ1) is 11.1. The first-order chi connectivity index (χ1) is 7.65. The Labute approximate surface area is 97.7 Å². The second-order valence-corrected chi connectivity index (χ2v) is 3.77. The summed E-state index contributed by atoms with van der Waals surface area (Å²) in [4.78, 5) is 4.08. The highest BCUT2D eigenvalue weighted by Gasteiger charge is 2.16. The zero-order chi connectivity index (χ0) is 11.7. The van der Waals surface area contributed by atoms with Crippen molar-refractivity contribution in [3.8, 4) is 11.3 Å². The summed E-state index contributed by atoms with van der Waals surface area (Å²) in [6, 6.07) is 6.44. The van der Waals surface area contributed by atoms with Crippen LogP contribution in [0.1, 0.15) is 5.82 Å². The monoisotopic (exact) mass is 239 g/mol. The van der Waals surface area contributed by atoms with E-state index in [9.17, 15) is 4.39 Å². The number of rotatable bonds is 2. The molecule has 1 aromatic heterocycles. The zero-order valence-corrected chi connectivity index (χ0v) is 9.50. The Morgan fingerprint density at radius 3 is 2.69 bits per heavy atom. The summed E-state index contributed by atoms with van der Waals surface area (Å²) in [5.74, 6) is 0.305. The fourth-order valence-electron chi connectivity index (χ4n) is 1.64. The third kappa shape index (κ3) is 1.70. The van der Waals surface area contributed by atoms with Crippen molar-refractivity contribution < 1.29 is 4.39 Å². The van der Waals surface area contributed by atoms with Crippen LogP contribution in [0.25, 0.3) is 11.3 Å². The Balaban J connectivity index is 2.65. The predicted molar refractivity (Wildman–Crippen MR) is 61.5 cm³/mol. The maximum absolute atomic E-state index is 13.6. The minimum absolute atomic E-state index is 0.269. The maximum atomic E-state index is 13.6. The standard InChI is InChI=1S/C11H11ClFN3/c1-16-9(6-14)15-11(12)10(16)7-4-2-3-5-8(7)13/h2-5H,6,14H2,1H3. The molecule has 0 fully saturated rings. The topological polar surface area (TPSA) is 43.8 Å². The van der Waals surface area contributed by atoms with Gasteiger partial charge in [-0.05, 0) is 12.1 Å². The Morgan fingerprint density at radius 2 is 2.12 bits per heavy atom. The van der Waals surface area contributed by atoms with Crippen LogP contribution in [0.15, 0.2) is 24.3 Å². The number of halogens is 2. The van der Waals surface area contributed by atoms with Gasteiger partial charge in [-0.2, -0.15) is 0 Å². The van der Waals surface area contributed by atoms with Crippen molar-refractivity contribution in [1.29, 1.82) is 0 Å². The lowest BCUT2D eigenvalue weighted by Crippen LogP contribution is -2.05. The molecule has 2 rings (SSSR count). The highest BCUT2D eigenvalue weighted by atomic mass is 35.5. The summed E-state index contributed by atoms with van der Waals surface area (Å²) in [6.07, 6.45) is 0. The molecule has 0 spiro atoms. The van der Waals surface area contributed by atoms with Crippen molar-refractivity contribution in [3.05, 3.63) is 41.1 Å². The van der Waals surface area contributed by atoms with E-state index in [0.29, 0.717) is 17.1 Å². The highest BCUT2D eigenvalue weighted by molar-refractivity contribution is 6.32. The second kappa shape index (κ2) is 4.23. The molecule has 0 atom stereocenters. The molecule has 0 saturated carbocycles. The fourth-order valence-corrected chi connectivity index (χ4v) is 1.96. The lowest BCUT2D eigenvalue weighted by Gasteiger charge is -2.06. The molecular formula is C11H11ClFN3. The van der Waals surface area contributed by atoms with E-state index in [1.54, 1.807) is 29.8 Å². The molecule has 0 saturated heterocycles. The SMILES string of the molecule is Cn1c(CN)nc(Cl)c1-c1ccccc1F. The molecule has 0 amide bonds. The van der Waals surface area contributed by atoms with E-state index >= 15 is 0 Å². The van der Waals surface area contributed by atoms with Crippen LogP contribution in [0.5, 0.6) is 0 Å². The third-order valence-electron chi connectivity index (χ3n) is 2.46. The van der Waals surface area contributed by atoms with Crippen LogP contribution in [-0.2, 0) is 13.6 Å². The minimum Gasteiger partial charge on any atom is -0.329 e. The number of hydrogen-bond donors (Lipinski definition) is 1. The van der Waals surface area contributed by atoms with Gasteiger partial charge in [-0.15, -0.1) is 0 Å². The number of nitrogens with two attached hydrogens (primary N) is 1. The second-order valence-electron chi connectivity index (χ2n) is 3.41. The first-order valence-electron chi connectivity index (χ1n) is 4.81.